The van der Waals surface area contributed by atoms with Crippen molar-refractivity contribution < 1.29 is 4.74 Å². The van der Waals surface area contributed by atoms with Crippen LogP contribution >= 0.6 is 22.9 Å². The molecule has 20 heavy (non-hydrogen) atoms. The van der Waals surface area contributed by atoms with Crippen molar-refractivity contribution in [2.45, 2.75) is 32.1 Å². The third kappa shape index (κ3) is 2.75. The highest BCUT2D eigenvalue weighted by Crippen LogP contribution is 2.38. The lowest BCUT2D eigenvalue weighted by Crippen LogP contribution is -2.10. The summed E-state index contributed by atoms with van der Waals surface area (Å²) < 4.78 is 5.01. The molecule has 6 heteroatoms. The Morgan fingerprint density at radius 3 is 2.95 bits per heavy atom. The van der Waals surface area contributed by atoms with E-state index in [9.17, 15) is 0 Å². The van der Waals surface area contributed by atoms with E-state index in [0.29, 0.717) is 24.3 Å². The smallest absolute Gasteiger partial charge is 0.225 e. The lowest BCUT2D eigenvalue weighted by Gasteiger charge is -2.05. The molecule has 1 aliphatic rings. The molecule has 0 bridgehead atoms. The topological polar surface area (TPSA) is 47.0 Å². The first-order valence-electron chi connectivity index (χ1n) is 7.00. The molecule has 2 aromatic rings. The first-order valence-corrected chi connectivity index (χ1v) is 8.19. The van der Waals surface area contributed by atoms with E-state index in [1.54, 1.807) is 18.4 Å². The van der Waals surface area contributed by atoms with E-state index in [2.05, 4.69) is 15.3 Å². The van der Waals surface area contributed by atoms with E-state index in [4.69, 9.17) is 16.3 Å². The second kappa shape index (κ2) is 6.24. The van der Waals surface area contributed by atoms with Gasteiger partial charge in [-0.15, -0.1) is 11.3 Å². The van der Waals surface area contributed by atoms with Crippen molar-refractivity contribution in [1.29, 1.82) is 0 Å². The summed E-state index contributed by atoms with van der Waals surface area (Å²) in [4.78, 5) is 11.4. The van der Waals surface area contributed by atoms with Crippen molar-refractivity contribution in [3.8, 4) is 0 Å². The van der Waals surface area contributed by atoms with Crippen molar-refractivity contribution in [3.63, 3.8) is 0 Å². The fourth-order valence-corrected chi connectivity index (χ4v) is 4.23. The first kappa shape index (κ1) is 14.0. The van der Waals surface area contributed by atoms with Crippen LogP contribution in [-0.2, 0) is 17.6 Å². The number of thiophene rings is 1. The molecule has 0 amide bonds. The number of anilines is 1. The normalized spacial score (nSPS) is 15.1. The Labute approximate surface area is 127 Å². The fourth-order valence-electron chi connectivity index (χ4n) is 2.63. The average Bonchev–Trinajstić information content (AvgIpc) is 2.62. The number of hydrogen-bond acceptors (Lipinski definition) is 5. The molecule has 0 unspecified atom stereocenters. The van der Waals surface area contributed by atoms with Gasteiger partial charge in [0.15, 0.2) is 0 Å². The zero-order valence-electron chi connectivity index (χ0n) is 11.5. The predicted molar refractivity (Wildman–Crippen MR) is 84.0 cm³/mol. The van der Waals surface area contributed by atoms with E-state index < -0.39 is 0 Å². The number of halogens is 1. The lowest BCUT2D eigenvalue weighted by molar-refractivity contribution is 0.210. The monoisotopic (exact) mass is 311 g/mol. The molecule has 1 N–H and O–H groups in total. The number of aromatic nitrogens is 2. The molecule has 1 aliphatic carbocycles. The van der Waals surface area contributed by atoms with Gasteiger partial charge in [0.05, 0.1) is 12.0 Å². The van der Waals surface area contributed by atoms with Gasteiger partial charge in [-0.1, -0.05) is 18.0 Å². The number of methoxy groups -OCH3 is 1. The van der Waals surface area contributed by atoms with Crippen LogP contribution in [0.2, 0.25) is 5.15 Å². The summed E-state index contributed by atoms with van der Waals surface area (Å²) in [6.07, 6.45) is 6.07. The van der Waals surface area contributed by atoms with E-state index in [1.165, 1.54) is 29.7 Å². The first-order chi connectivity index (χ1) is 9.79. The maximum Gasteiger partial charge on any atom is 0.225 e. The van der Waals surface area contributed by atoms with Gasteiger partial charge in [0, 0.05) is 18.5 Å². The summed E-state index contributed by atoms with van der Waals surface area (Å²) >= 11 is 8.16. The highest BCUT2D eigenvalue weighted by molar-refractivity contribution is 7.19. The number of hydrogen-bond donors (Lipinski definition) is 1. The number of ether oxygens (including phenoxy) is 1. The van der Waals surface area contributed by atoms with Gasteiger partial charge < -0.3 is 10.1 Å². The van der Waals surface area contributed by atoms with Crippen molar-refractivity contribution >= 4 is 39.1 Å². The van der Waals surface area contributed by atoms with Crippen molar-refractivity contribution in [2.24, 2.45) is 0 Å². The Morgan fingerprint density at radius 1 is 1.25 bits per heavy atom. The van der Waals surface area contributed by atoms with Crippen LogP contribution in [0.4, 0.5) is 5.95 Å². The van der Waals surface area contributed by atoms with Crippen molar-refractivity contribution in [2.75, 3.05) is 25.6 Å². The summed E-state index contributed by atoms with van der Waals surface area (Å²) in [7, 11) is 1.68. The minimum atomic E-state index is 0.578. The van der Waals surface area contributed by atoms with Crippen LogP contribution < -0.4 is 5.32 Å². The van der Waals surface area contributed by atoms with Crippen LogP contribution in [0.3, 0.4) is 0 Å². The summed E-state index contributed by atoms with van der Waals surface area (Å²) in [5.74, 6) is 0.593. The molecule has 0 radical (unpaired) electrons. The minimum absolute atomic E-state index is 0.578. The second-order valence-corrected chi connectivity index (χ2v) is 6.44. The van der Waals surface area contributed by atoms with E-state index >= 15 is 0 Å². The van der Waals surface area contributed by atoms with Crippen LogP contribution in [0.25, 0.3) is 10.2 Å². The Kier molecular flexibility index (Phi) is 4.38. The molecular weight excluding hydrogens is 294 g/mol. The SMILES string of the molecule is COCCNc1nc(Cl)c2c3c(sc2n1)CCCCC3. The van der Waals surface area contributed by atoms with Crippen molar-refractivity contribution in [1.82, 2.24) is 9.97 Å². The van der Waals surface area contributed by atoms with E-state index in [1.807, 2.05) is 0 Å². The van der Waals surface area contributed by atoms with Gasteiger partial charge in [-0.25, -0.2) is 9.97 Å². The Hall–Kier alpha value is -0.910. The number of nitrogens with zero attached hydrogens (tertiary/aromatic N) is 2. The third-order valence-corrected chi connectivity index (χ3v) is 5.07. The number of rotatable bonds is 4. The lowest BCUT2D eigenvalue weighted by atomic mass is 10.1. The number of fused-ring (bicyclic) bond motifs is 3. The maximum atomic E-state index is 6.39. The van der Waals surface area contributed by atoms with Gasteiger partial charge in [0.2, 0.25) is 5.95 Å². The van der Waals surface area contributed by atoms with Crippen LogP contribution in [0, 0.1) is 0 Å². The van der Waals surface area contributed by atoms with Crippen molar-refractivity contribution in [3.05, 3.63) is 15.6 Å². The zero-order valence-corrected chi connectivity index (χ0v) is 13.1. The van der Waals surface area contributed by atoms with Crippen LogP contribution in [-0.4, -0.2) is 30.2 Å². The summed E-state index contributed by atoms with van der Waals surface area (Å²) in [6.45, 7) is 1.31. The van der Waals surface area contributed by atoms with Gasteiger partial charge in [-0.3, -0.25) is 0 Å². The molecule has 2 aromatic heterocycles. The molecule has 0 spiro atoms. The quantitative estimate of drug-likeness (QED) is 0.531. The zero-order chi connectivity index (χ0) is 13.9. The number of nitrogens with one attached hydrogen (secondary N) is 1. The summed E-state index contributed by atoms with van der Waals surface area (Å²) in [5, 5.41) is 4.80. The van der Waals surface area contributed by atoms with E-state index in [-0.39, 0.29) is 0 Å². The standard InChI is InChI=1S/C14H18ClN3OS/c1-19-8-7-16-14-17-12(15)11-9-5-3-2-4-6-10(9)20-13(11)18-14/h2-8H2,1H3,(H,16,17,18). The van der Waals surface area contributed by atoms with Crippen LogP contribution in [0.5, 0.6) is 0 Å². The summed E-state index contributed by atoms with van der Waals surface area (Å²) in [6, 6.07) is 0. The highest BCUT2D eigenvalue weighted by Gasteiger charge is 2.19. The molecule has 0 saturated carbocycles. The van der Waals surface area contributed by atoms with Crippen LogP contribution in [0.15, 0.2) is 0 Å². The molecule has 0 fully saturated rings. The maximum absolute atomic E-state index is 6.39. The molecule has 2 heterocycles. The molecule has 0 atom stereocenters. The minimum Gasteiger partial charge on any atom is -0.383 e. The molecule has 0 aromatic carbocycles. The molecule has 0 aliphatic heterocycles. The van der Waals surface area contributed by atoms with Gasteiger partial charge in [-0.2, -0.15) is 0 Å². The second-order valence-electron chi connectivity index (χ2n) is 5.00. The molecule has 3 rings (SSSR count). The molecule has 4 nitrogen and oxygen atoms in total. The Morgan fingerprint density at radius 2 is 2.10 bits per heavy atom. The number of aryl methyl sites for hydroxylation is 2. The highest BCUT2D eigenvalue weighted by atomic mass is 35.5. The predicted octanol–water partition coefficient (Wildman–Crippen LogP) is 3.67. The molecule has 0 saturated heterocycles. The third-order valence-electron chi connectivity index (χ3n) is 3.61. The molecular formula is C14H18ClN3OS. The van der Waals surface area contributed by atoms with E-state index in [0.717, 1.165) is 23.1 Å². The Bertz CT molecular complexity index is 614. The van der Waals surface area contributed by atoms with Gasteiger partial charge >= 0.3 is 0 Å². The van der Waals surface area contributed by atoms with Gasteiger partial charge in [0.1, 0.15) is 9.98 Å². The Balaban J connectivity index is 1.96. The molecule has 108 valence electrons. The van der Waals surface area contributed by atoms with Gasteiger partial charge in [-0.05, 0) is 31.2 Å². The fraction of sp³-hybridized carbons (Fsp3) is 0.571. The largest absolute Gasteiger partial charge is 0.383 e. The van der Waals surface area contributed by atoms with Gasteiger partial charge in [0.25, 0.3) is 0 Å². The summed E-state index contributed by atoms with van der Waals surface area (Å²) in [5.41, 5.74) is 1.39. The average molecular weight is 312 g/mol. The van der Waals surface area contributed by atoms with Crippen LogP contribution in [0.1, 0.15) is 29.7 Å².